The lowest BCUT2D eigenvalue weighted by molar-refractivity contribution is 1.15. The zero-order valence-corrected chi connectivity index (χ0v) is 8.34. The van der Waals surface area contributed by atoms with Gasteiger partial charge in [-0.3, -0.25) is 0 Å². The van der Waals surface area contributed by atoms with Crippen LogP contribution in [0.2, 0.25) is 0 Å². The van der Waals surface area contributed by atoms with Crippen molar-refractivity contribution in [3.63, 3.8) is 0 Å². The summed E-state index contributed by atoms with van der Waals surface area (Å²) in [6.45, 7) is 0. The van der Waals surface area contributed by atoms with E-state index in [1.807, 2.05) is 5.38 Å². The molecule has 0 aliphatic rings. The van der Waals surface area contributed by atoms with Gasteiger partial charge in [-0.05, 0) is 15.9 Å². The molecule has 5 heteroatoms. The quantitative estimate of drug-likeness (QED) is 0.770. The molecule has 0 aliphatic carbocycles. The van der Waals surface area contributed by atoms with Gasteiger partial charge in [0.1, 0.15) is 0 Å². The minimum atomic E-state index is 0.674. The Morgan fingerprint density at radius 1 is 1.17 bits per heavy atom. The van der Waals surface area contributed by atoms with Crippen molar-refractivity contribution in [2.45, 2.75) is 0 Å². The Labute approximate surface area is 81.7 Å². The monoisotopic (exact) mass is 241 g/mol. The Hall–Kier alpha value is -0.810. The predicted molar refractivity (Wildman–Crippen MR) is 50.8 cm³/mol. The number of halogens is 1. The molecule has 2 heterocycles. The van der Waals surface area contributed by atoms with Crippen molar-refractivity contribution in [1.82, 2.24) is 15.0 Å². The van der Waals surface area contributed by atoms with Crippen LogP contribution in [0.15, 0.2) is 28.4 Å². The maximum atomic E-state index is 4.11. The van der Waals surface area contributed by atoms with E-state index in [1.165, 1.54) is 11.3 Å². The molecule has 0 saturated heterocycles. The average Bonchev–Trinajstić information content (AvgIpc) is 2.58. The summed E-state index contributed by atoms with van der Waals surface area (Å²) in [5.74, 6) is 0.674. The first kappa shape index (κ1) is 7.82. The summed E-state index contributed by atoms with van der Waals surface area (Å²) in [6.07, 6.45) is 5.17. The Bertz CT molecular complexity index is 357. The molecule has 2 aromatic heterocycles. The fraction of sp³-hybridized carbons (Fsp3) is 0. The molecule has 2 aromatic rings. The molecule has 0 bridgehead atoms. The molecule has 3 nitrogen and oxygen atoms in total. The van der Waals surface area contributed by atoms with Crippen molar-refractivity contribution < 1.29 is 0 Å². The Kier molecular flexibility index (Phi) is 2.14. The highest BCUT2D eigenvalue weighted by Crippen LogP contribution is 2.17. The fourth-order valence-electron chi connectivity index (χ4n) is 0.757. The number of thiazole rings is 1. The first-order valence-corrected chi connectivity index (χ1v) is 4.91. The second kappa shape index (κ2) is 3.28. The van der Waals surface area contributed by atoms with Crippen molar-refractivity contribution in [2.75, 3.05) is 0 Å². The Morgan fingerprint density at radius 3 is 2.50 bits per heavy atom. The van der Waals surface area contributed by atoms with Crippen LogP contribution in [0.3, 0.4) is 0 Å². The number of hydrogen-bond donors (Lipinski definition) is 0. The van der Waals surface area contributed by atoms with Crippen LogP contribution in [0.1, 0.15) is 0 Å². The van der Waals surface area contributed by atoms with Gasteiger partial charge in [-0.2, -0.15) is 0 Å². The second-order valence-corrected chi connectivity index (χ2v) is 3.87. The van der Waals surface area contributed by atoms with Crippen molar-refractivity contribution in [1.29, 1.82) is 0 Å². The van der Waals surface area contributed by atoms with Crippen molar-refractivity contribution in [3.05, 3.63) is 28.4 Å². The number of nitrogens with zero attached hydrogens (tertiary/aromatic N) is 3. The molecule has 0 aliphatic heterocycles. The fourth-order valence-corrected chi connectivity index (χ4v) is 1.54. The second-order valence-electron chi connectivity index (χ2n) is 2.06. The number of hydrogen-bond acceptors (Lipinski definition) is 4. The normalized spacial score (nSPS) is 10.1. The van der Waals surface area contributed by atoms with Gasteiger partial charge in [0.2, 0.25) is 0 Å². The van der Waals surface area contributed by atoms with Crippen LogP contribution in [0.4, 0.5) is 0 Å². The topological polar surface area (TPSA) is 38.7 Å². The predicted octanol–water partition coefficient (Wildman–Crippen LogP) is 2.36. The molecule has 0 saturated carbocycles. The van der Waals surface area contributed by atoms with Crippen LogP contribution < -0.4 is 0 Å². The third kappa shape index (κ3) is 1.51. The first-order chi connectivity index (χ1) is 5.86. The summed E-state index contributed by atoms with van der Waals surface area (Å²) in [4.78, 5) is 12.3. The van der Waals surface area contributed by atoms with E-state index >= 15 is 0 Å². The molecule has 60 valence electrons. The summed E-state index contributed by atoms with van der Waals surface area (Å²) in [6, 6.07) is 0. The lowest BCUT2D eigenvalue weighted by Gasteiger charge is -1.92. The van der Waals surface area contributed by atoms with Gasteiger partial charge in [-0.25, -0.2) is 15.0 Å². The highest BCUT2D eigenvalue weighted by molar-refractivity contribution is 9.10. The van der Waals surface area contributed by atoms with E-state index in [9.17, 15) is 0 Å². The van der Waals surface area contributed by atoms with Crippen molar-refractivity contribution in [3.8, 4) is 10.8 Å². The molecule has 0 radical (unpaired) electrons. The molecule has 0 atom stereocenters. The SMILES string of the molecule is Brc1cnc(-c2nccs2)nc1. The minimum Gasteiger partial charge on any atom is -0.241 e. The number of rotatable bonds is 1. The van der Waals surface area contributed by atoms with E-state index in [2.05, 4.69) is 30.9 Å². The molecule has 0 N–H and O–H groups in total. The van der Waals surface area contributed by atoms with Gasteiger partial charge in [0, 0.05) is 24.0 Å². The molecule has 0 unspecified atom stereocenters. The van der Waals surface area contributed by atoms with E-state index in [-0.39, 0.29) is 0 Å². The summed E-state index contributed by atoms with van der Waals surface area (Å²) in [5.41, 5.74) is 0. The molecular formula is C7H4BrN3S. The lowest BCUT2D eigenvalue weighted by atomic mass is 10.6. The van der Waals surface area contributed by atoms with Crippen LogP contribution in [-0.4, -0.2) is 15.0 Å². The summed E-state index contributed by atoms with van der Waals surface area (Å²) in [5, 5.41) is 2.75. The maximum absolute atomic E-state index is 4.11. The zero-order valence-electron chi connectivity index (χ0n) is 5.94. The third-order valence-corrected chi connectivity index (χ3v) is 2.42. The Balaban J connectivity index is 2.43. The number of aromatic nitrogens is 3. The van der Waals surface area contributed by atoms with Crippen molar-refractivity contribution >= 4 is 27.3 Å². The molecule has 0 fully saturated rings. The lowest BCUT2D eigenvalue weighted by Crippen LogP contribution is -1.85. The van der Waals surface area contributed by atoms with Crippen LogP contribution in [-0.2, 0) is 0 Å². The van der Waals surface area contributed by atoms with Crippen LogP contribution >= 0.6 is 27.3 Å². The van der Waals surface area contributed by atoms with E-state index in [1.54, 1.807) is 18.6 Å². The molecule has 12 heavy (non-hydrogen) atoms. The minimum absolute atomic E-state index is 0.674. The third-order valence-electron chi connectivity index (χ3n) is 1.24. The van der Waals surface area contributed by atoms with E-state index < -0.39 is 0 Å². The van der Waals surface area contributed by atoms with Crippen LogP contribution in [0.25, 0.3) is 10.8 Å². The first-order valence-electron chi connectivity index (χ1n) is 3.23. The molecular weight excluding hydrogens is 238 g/mol. The summed E-state index contributed by atoms with van der Waals surface area (Å²) in [7, 11) is 0. The van der Waals surface area contributed by atoms with Gasteiger partial charge in [-0.1, -0.05) is 0 Å². The van der Waals surface area contributed by atoms with Crippen molar-refractivity contribution in [2.24, 2.45) is 0 Å². The standard InChI is InChI=1S/C7H4BrN3S/c8-5-3-10-6(11-4-5)7-9-1-2-12-7/h1-4H. The Morgan fingerprint density at radius 2 is 1.92 bits per heavy atom. The van der Waals surface area contributed by atoms with E-state index in [4.69, 9.17) is 0 Å². The summed E-state index contributed by atoms with van der Waals surface area (Å²) >= 11 is 4.80. The largest absolute Gasteiger partial charge is 0.241 e. The maximum Gasteiger partial charge on any atom is 0.188 e. The van der Waals surface area contributed by atoms with Gasteiger partial charge in [0.15, 0.2) is 10.8 Å². The molecule has 0 aromatic carbocycles. The van der Waals surface area contributed by atoms with Gasteiger partial charge < -0.3 is 0 Å². The van der Waals surface area contributed by atoms with Gasteiger partial charge in [-0.15, -0.1) is 11.3 Å². The zero-order chi connectivity index (χ0) is 8.39. The van der Waals surface area contributed by atoms with E-state index in [0.717, 1.165) is 9.48 Å². The smallest absolute Gasteiger partial charge is 0.188 e. The molecule has 2 rings (SSSR count). The molecule has 0 spiro atoms. The van der Waals surface area contributed by atoms with Gasteiger partial charge in [0.25, 0.3) is 0 Å². The van der Waals surface area contributed by atoms with Gasteiger partial charge >= 0.3 is 0 Å². The molecule has 0 amide bonds. The van der Waals surface area contributed by atoms with Crippen LogP contribution in [0, 0.1) is 0 Å². The highest BCUT2D eigenvalue weighted by Gasteiger charge is 2.01. The summed E-state index contributed by atoms with van der Waals surface area (Å²) < 4.78 is 0.878. The van der Waals surface area contributed by atoms with E-state index in [0.29, 0.717) is 5.82 Å². The average molecular weight is 242 g/mol. The van der Waals surface area contributed by atoms with Gasteiger partial charge in [0.05, 0.1) is 4.47 Å². The highest BCUT2D eigenvalue weighted by atomic mass is 79.9. The van der Waals surface area contributed by atoms with Crippen LogP contribution in [0.5, 0.6) is 0 Å².